The van der Waals surface area contributed by atoms with Crippen LogP contribution in [-0.2, 0) is 0 Å². The molecule has 33 heavy (non-hydrogen) atoms. The van der Waals surface area contributed by atoms with Gasteiger partial charge in [-0.15, -0.1) is 0 Å². The van der Waals surface area contributed by atoms with Crippen molar-refractivity contribution in [1.82, 2.24) is 5.32 Å². The van der Waals surface area contributed by atoms with Crippen LogP contribution in [0.25, 0.3) is 11.1 Å². The van der Waals surface area contributed by atoms with Gasteiger partial charge in [-0.2, -0.15) is 0 Å². The topological polar surface area (TPSA) is 95.5 Å². The molecule has 0 heterocycles. The first-order valence-electron chi connectivity index (χ1n) is 11.2. The minimum absolute atomic E-state index is 0.101. The first kappa shape index (κ1) is 22.3. The molecule has 0 saturated heterocycles. The third kappa shape index (κ3) is 5.29. The summed E-state index contributed by atoms with van der Waals surface area (Å²) in [6, 6.07) is 20.5. The zero-order valence-corrected chi connectivity index (χ0v) is 18.2. The number of rotatable bonds is 6. The number of hydrogen-bond donors (Lipinski definition) is 3. The van der Waals surface area contributed by atoms with Gasteiger partial charge in [0.05, 0.1) is 5.56 Å². The van der Waals surface area contributed by atoms with E-state index < -0.39 is 5.97 Å². The maximum atomic E-state index is 13.0. The molecule has 0 spiro atoms. The van der Waals surface area contributed by atoms with E-state index in [0.717, 1.165) is 25.7 Å². The first-order valence-corrected chi connectivity index (χ1v) is 11.2. The third-order valence-corrected chi connectivity index (χ3v) is 5.96. The first-order chi connectivity index (χ1) is 16.0. The molecule has 0 aliphatic heterocycles. The van der Waals surface area contributed by atoms with Crippen LogP contribution in [0.2, 0.25) is 0 Å². The van der Waals surface area contributed by atoms with Gasteiger partial charge in [-0.25, -0.2) is 4.79 Å². The van der Waals surface area contributed by atoms with Gasteiger partial charge >= 0.3 is 5.97 Å². The predicted molar refractivity (Wildman–Crippen MR) is 128 cm³/mol. The molecule has 6 nitrogen and oxygen atoms in total. The van der Waals surface area contributed by atoms with Gasteiger partial charge < -0.3 is 15.7 Å². The van der Waals surface area contributed by atoms with Crippen LogP contribution < -0.4 is 10.6 Å². The standard InChI is InChI=1S/C27H26N2O4/c30-25(28-19-8-2-1-3-9-19)18-14-16-20(17-15-18)29-26(31)23-12-6-4-10-21(23)22-11-5-7-13-24(22)27(32)33/h4-7,10-17,19H,1-3,8-9H2,(H,28,30)(H,29,31)(H,32,33). The Hall–Kier alpha value is -3.93. The summed E-state index contributed by atoms with van der Waals surface area (Å²) in [6.07, 6.45) is 5.56. The molecule has 1 aliphatic carbocycles. The molecule has 1 fully saturated rings. The van der Waals surface area contributed by atoms with Crippen LogP contribution in [0, 0.1) is 0 Å². The summed E-state index contributed by atoms with van der Waals surface area (Å²) in [5, 5.41) is 15.5. The zero-order chi connectivity index (χ0) is 23.2. The molecule has 1 saturated carbocycles. The van der Waals surface area contributed by atoms with Crippen LogP contribution in [-0.4, -0.2) is 28.9 Å². The summed E-state index contributed by atoms with van der Waals surface area (Å²) in [5.74, 6) is -1.51. The maximum absolute atomic E-state index is 13.0. The van der Waals surface area contributed by atoms with Gasteiger partial charge in [0.1, 0.15) is 0 Å². The molecule has 3 aromatic rings. The van der Waals surface area contributed by atoms with Gasteiger partial charge in [0.25, 0.3) is 11.8 Å². The van der Waals surface area contributed by atoms with Crippen molar-refractivity contribution < 1.29 is 19.5 Å². The highest BCUT2D eigenvalue weighted by Crippen LogP contribution is 2.28. The normalized spacial score (nSPS) is 13.8. The van der Waals surface area contributed by atoms with Gasteiger partial charge in [-0.05, 0) is 60.4 Å². The van der Waals surface area contributed by atoms with Gasteiger partial charge in [-0.3, -0.25) is 9.59 Å². The lowest BCUT2D eigenvalue weighted by atomic mass is 9.95. The minimum Gasteiger partial charge on any atom is -0.478 e. The SMILES string of the molecule is O=C(NC1CCCCC1)c1ccc(NC(=O)c2ccccc2-c2ccccc2C(=O)O)cc1. The lowest BCUT2D eigenvalue weighted by Gasteiger charge is -2.22. The van der Waals surface area contributed by atoms with Gasteiger partial charge in [0.2, 0.25) is 0 Å². The van der Waals surface area contributed by atoms with Crippen molar-refractivity contribution in [2.24, 2.45) is 0 Å². The second-order valence-corrected chi connectivity index (χ2v) is 8.24. The Bertz CT molecular complexity index is 1160. The van der Waals surface area contributed by atoms with E-state index in [0.29, 0.717) is 27.9 Å². The van der Waals surface area contributed by atoms with Crippen LogP contribution in [0.1, 0.15) is 63.2 Å². The minimum atomic E-state index is -1.05. The lowest BCUT2D eigenvalue weighted by molar-refractivity contribution is 0.0697. The van der Waals surface area contributed by atoms with Gasteiger partial charge in [-0.1, -0.05) is 55.7 Å². The number of carboxylic acid groups (broad SMARTS) is 1. The van der Waals surface area contributed by atoms with Crippen molar-refractivity contribution in [1.29, 1.82) is 0 Å². The number of anilines is 1. The number of benzene rings is 3. The van der Waals surface area contributed by atoms with E-state index in [9.17, 15) is 19.5 Å². The monoisotopic (exact) mass is 442 g/mol. The molecule has 0 bridgehead atoms. The quantitative estimate of drug-likeness (QED) is 0.478. The van der Waals surface area contributed by atoms with Crippen molar-refractivity contribution in [2.75, 3.05) is 5.32 Å². The summed E-state index contributed by atoms with van der Waals surface area (Å²) in [5.41, 5.74) is 2.61. The molecule has 0 aromatic heterocycles. The zero-order valence-electron chi connectivity index (χ0n) is 18.2. The molecule has 0 atom stereocenters. The highest BCUT2D eigenvalue weighted by molar-refractivity contribution is 6.10. The Morgan fingerprint density at radius 1 is 0.697 bits per heavy atom. The van der Waals surface area contributed by atoms with Crippen LogP contribution in [0.3, 0.4) is 0 Å². The van der Waals surface area contributed by atoms with E-state index in [2.05, 4.69) is 10.6 Å². The third-order valence-electron chi connectivity index (χ3n) is 5.96. The number of carbonyl (C=O) groups excluding carboxylic acids is 2. The number of aromatic carboxylic acids is 1. The van der Waals surface area contributed by atoms with E-state index in [-0.39, 0.29) is 23.4 Å². The molecule has 0 radical (unpaired) electrons. The second kappa shape index (κ2) is 10.1. The smallest absolute Gasteiger partial charge is 0.336 e. The van der Waals surface area contributed by atoms with Gasteiger partial charge in [0.15, 0.2) is 0 Å². The molecule has 168 valence electrons. The van der Waals surface area contributed by atoms with E-state index in [1.165, 1.54) is 12.5 Å². The summed E-state index contributed by atoms with van der Waals surface area (Å²) >= 11 is 0. The molecule has 2 amide bonds. The van der Waals surface area contributed by atoms with Crippen LogP contribution in [0.5, 0.6) is 0 Å². The Morgan fingerprint density at radius 3 is 1.91 bits per heavy atom. The molecule has 4 rings (SSSR count). The Labute approximate surface area is 192 Å². The van der Waals surface area contributed by atoms with Crippen molar-refractivity contribution >= 4 is 23.5 Å². The lowest BCUT2D eigenvalue weighted by Crippen LogP contribution is -2.36. The van der Waals surface area contributed by atoms with Crippen molar-refractivity contribution in [3.05, 3.63) is 89.5 Å². The predicted octanol–water partition coefficient (Wildman–Crippen LogP) is 5.37. The van der Waals surface area contributed by atoms with E-state index in [1.54, 1.807) is 66.7 Å². The average Bonchev–Trinajstić information content (AvgIpc) is 2.85. The Morgan fingerprint density at radius 2 is 1.27 bits per heavy atom. The highest BCUT2D eigenvalue weighted by Gasteiger charge is 2.19. The van der Waals surface area contributed by atoms with Crippen LogP contribution >= 0.6 is 0 Å². The maximum Gasteiger partial charge on any atom is 0.336 e. The summed E-state index contributed by atoms with van der Waals surface area (Å²) in [4.78, 5) is 37.2. The number of amides is 2. The van der Waals surface area contributed by atoms with Crippen molar-refractivity contribution in [2.45, 2.75) is 38.1 Å². The number of carboxylic acids is 1. The Balaban J connectivity index is 1.49. The van der Waals surface area contributed by atoms with E-state index in [1.807, 2.05) is 0 Å². The van der Waals surface area contributed by atoms with Gasteiger partial charge in [0, 0.05) is 22.9 Å². The van der Waals surface area contributed by atoms with Crippen LogP contribution in [0.15, 0.2) is 72.8 Å². The van der Waals surface area contributed by atoms with Crippen molar-refractivity contribution in [3.8, 4) is 11.1 Å². The molecular weight excluding hydrogens is 416 g/mol. The molecule has 3 aromatic carbocycles. The fourth-order valence-corrected chi connectivity index (χ4v) is 4.24. The summed E-state index contributed by atoms with van der Waals surface area (Å²) in [6.45, 7) is 0. The fraction of sp³-hybridized carbons (Fsp3) is 0.222. The molecule has 6 heteroatoms. The largest absolute Gasteiger partial charge is 0.478 e. The number of nitrogens with one attached hydrogen (secondary N) is 2. The molecule has 1 aliphatic rings. The summed E-state index contributed by atoms with van der Waals surface area (Å²) in [7, 11) is 0. The fourth-order valence-electron chi connectivity index (χ4n) is 4.24. The molecule has 0 unspecified atom stereocenters. The van der Waals surface area contributed by atoms with E-state index >= 15 is 0 Å². The molecular formula is C27H26N2O4. The molecule has 3 N–H and O–H groups in total. The highest BCUT2D eigenvalue weighted by atomic mass is 16.4. The Kier molecular flexibility index (Phi) is 6.83. The average molecular weight is 443 g/mol. The van der Waals surface area contributed by atoms with Crippen LogP contribution in [0.4, 0.5) is 5.69 Å². The number of hydrogen-bond acceptors (Lipinski definition) is 3. The number of carbonyl (C=O) groups is 3. The summed E-state index contributed by atoms with van der Waals surface area (Å²) < 4.78 is 0. The second-order valence-electron chi connectivity index (χ2n) is 8.24. The van der Waals surface area contributed by atoms with E-state index in [4.69, 9.17) is 0 Å². The van der Waals surface area contributed by atoms with Crippen molar-refractivity contribution in [3.63, 3.8) is 0 Å².